The number of nitrogens with one attached hydrogen (secondary N) is 1. The van der Waals surface area contributed by atoms with Crippen LogP contribution in [0.25, 0.3) is 0 Å². The molecule has 88 valence electrons. The van der Waals surface area contributed by atoms with Crippen molar-refractivity contribution in [2.75, 3.05) is 6.54 Å². The topological polar surface area (TPSA) is 12.0 Å². The summed E-state index contributed by atoms with van der Waals surface area (Å²) in [6, 6.07) is 9.59. The summed E-state index contributed by atoms with van der Waals surface area (Å²) < 4.78 is 0. The van der Waals surface area contributed by atoms with Gasteiger partial charge in [0, 0.05) is 12.6 Å². The smallest absolute Gasteiger partial charge is 0.00226 e. The van der Waals surface area contributed by atoms with Gasteiger partial charge in [0.25, 0.3) is 0 Å². The minimum atomic E-state index is 0.593. The standard InChI is InChI=1S/C15H23N/c1-12(2)16-11-14-9-4-3-7-13-8-5-6-10-15(13)14/h5-6,8,10,12,14,16H,3-4,7,9,11H2,1-2H3. The van der Waals surface area contributed by atoms with Gasteiger partial charge in [-0.2, -0.15) is 0 Å². The predicted molar refractivity (Wildman–Crippen MR) is 69.9 cm³/mol. The third-order valence-electron chi connectivity index (χ3n) is 3.52. The second-order valence-corrected chi connectivity index (χ2v) is 5.20. The Morgan fingerprint density at radius 1 is 1.25 bits per heavy atom. The second-order valence-electron chi connectivity index (χ2n) is 5.20. The molecule has 16 heavy (non-hydrogen) atoms. The van der Waals surface area contributed by atoms with Gasteiger partial charge in [-0.1, -0.05) is 44.5 Å². The summed E-state index contributed by atoms with van der Waals surface area (Å²) in [5.74, 6) is 0.723. The van der Waals surface area contributed by atoms with E-state index in [-0.39, 0.29) is 0 Å². The lowest BCUT2D eigenvalue weighted by Gasteiger charge is -2.19. The molecule has 0 amide bonds. The van der Waals surface area contributed by atoms with Crippen LogP contribution in [0.1, 0.15) is 50.2 Å². The highest BCUT2D eigenvalue weighted by atomic mass is 14.9. The van der Waals surface area contributed by atoms with Crippen LogP contribution in [0.4, 0.5) is 0 Å². The van der Waals surface area contributed by atoms with E-state index in [1.807, 2.05) is 0 Å². The Bertz CT molecular complexity index is 330. The van der Waals surface area contributed by atoms with E-state index in [1.54, 1.807) is 11.1 Å². The zero-order chi connectivity index (χ0) is 11.4. The van der Waals surface area contributed by atoms with Gasteiger partial charge in [0.05, 0.1) is 0 Å². The maximum atomic E-state index is 3.58. The maximum absolute atomic E-state index is 3.58. The maximum Gasteiger partial charge on any atom is 0.00226 e. The Labute approximate surface area is 99.3 Å². The summed E-state index contributed by atoms with van der Waals surface area (Å²) in [6.07, 6.45) is 5.35. The number of fused-ring (bicyclic) bond motifs is 1. The molecule has 1 aliphatic rings. The number of hydrogen-bond acceptors (Lipinski definition) is 1. The summed E-state index contributed by atoms with van der Waals surface area (Å²) in [4.78, 5) is 0. The molecule has 0 saturated carbocycles. The second kappa shape index (κ2) is 5.49. The molecule has 2 rings (SSSR count). The molecule has 1 aromatic rings. The van der Waals surface area contributed by atoms with Crippen LogP contribution in [0.5, 0.6) is 0 Å². The summed E-state index contributed by atoms with van der Waals surface area (Å²) in [7, 11) is 0. The molecule has 0 saturated heterocycles. The molecule has 0 fully saturated rings. The average Bonchev–Trinajstić information content (AvgIpc) is 2.48. The van der Waals surface area contributed by atoms with Crippen molar-refractivity contribution >= 4 is 0 Å². The van der Waals surface area contributed by atoms with Gasteiger partial charge in [-0.15, -0.1) is 0 Å². The van der Waals surface area contributed by atoms with E-state index >= 15 is 0 Å². The SMILES string of the molecule is CC(C)NCC1CCCCc2ccccc21. The molecular formula is C15H23N. The molecular weight excluding hydrogens is 194 g/mol. The van der Waals surface area contributed by atoms with E-state index in [4.69, 9.17) is 0 Å². The molecule has 1 N–H and O–H groups in total. The van der Waals surface area contributed by atoms with Gasteiger partial charge >= 0.3 is 0 Å². The molecule has 1 unspecified atom stereocenters. The molecule has 0 aromatic heterocycles. The van der Waals surface area contributed by atoms with Crippen LogP contribution in [0, 0.1) is 0 Å². The zero-order valence-corrected chi connectivity index (χ0v) is 10.5. The highest BCUT2D eigenvalue weighted by molar-refractivity contribution is 5.31. The fraction of sp³-hybridized carbons (Fsp3) is 0.600. The van der Waals surface area contributed by atoms with Gasteiger partial charge in [0.2, 0.25) is 0 Å². The molecule has 0 aliphatic heterocycles. The predicted octanol–water partition coefficient (Wildman–Crippen LogP) is 3.49. The first kappa shape index (κ1) is 11.7. The number of aryl methyl sites for hydroxylation is 1. The lowest BCUT2D eigenvalue weighted by atomic mass is 9.92. The molecule has 1 aromatic carbocycles. The first-order valence-electron chi connectivity index (χ1n) is 6.58. The van der Waals surface area contributed by atoms with Crippen LogP contribution in [0.15, 0.2) is 24.3 Å². The third-order valence-corrected chi connectivity index (χ3v) is 3.52. The highest BCUT2D eigenvalue weighted by Crippen LogP contribution is 2.29. The van der Waals surface area contributed by atoms with Crippen molar-refractivity contribution in [3.63, 3.8) is 0 Å². The van der Waals surface area contributed by atoms with E-state index in [0.29, 0.717) is 6.04 Å². The first-order valence-corrected chi connectivity index (χ1v) is 6.58. The van der Waals surface area contributed by atoms with Crippen molar-refractivity contribution in [1.29, 1.82) is 0 Å². The van der Waals surface area contributed by atoms with E-state index in [9.17, 15) is 0 Å². The van der Waals surface area contributed by atoms with Crippen molar-refractivity contribution in [2.45, 2.75) is 51.5 Å². The largest absolute Gasteiger partial charge is 0.314 e. The van der Waals surface area contributed by atoms with Gasteiger partial charge in [-0.05, 0) is 36.3 Å². The first-order chi connectivity index (χ1) is 7.77. The number of hydrogen-bond donors (Lipinski definition) is 1. The van der Waals surface area contributed by atoms with Crippen LogP contribution >= 0.6 is 0 Å². The normalized spacial score (nSPS) is 20.6. The van der Waals surface area contributed by atoms with Crippen molar-refractivity contribution in [3.05, 3.63) is 35.4 Å². The number of rotatable bonds is 3. The summed E-state index contributed by atoms with van der Waals surface area (Å²) >= 11 is 0. The molecule has 0 spiro atoms. The van der Waals surface area contributed by atoms with E-state index in [0.717, 1.165) is 12.5 Å². The minimum Gasteiger partial charge on any atom is -0.314 e. The summed E-state index contributed by atoms with van der Waals surface area (Å²) in [6.45, 7) is 5.58. The van der Waals surface area contributed by atoms with Crippen LogP contribution < -0.4 is 5.32 Å². The highest BCUT2D eigenvalue weighted by Gasteiger charge is 2.17. The van der Waals surface area contributed by atoms with Crippen molar-refractivity contribution < 1.29 is 0 Å². The lowest BCUT2D eigenvalue weighted by molar-refractivity contribution is 0.501. The fourth-order valence-electron chi connectivity index (χ4n) is 2.61. The van der Waals surface area contributed by atoms with Crippen molar-refractivity contribution in [1.82, 2.24) is 5.32 Å². The van der Waals surface area contributed by atoms with Gasteiger partial charge in [-0.25, -0.2) is 0 Å². The molecule has 0 bridgehead atoms. The molecule has 1 aliphatic carbocycles. The van der Waals surface area contributed by atoms with Crippen LogP contribution in [-0.4, -0.2) is 12.6 Å². The van der Waals surface area contributed by atoms with Crippen LogP contribution in [-0.2, 0) is 6.42 Å². The van der Waals surface area contributed by atoms with Crippen molar-refractivity contribution in [2.24, 2.45) is 0 Å². The molecule has 1 nitrogen and oxygen atoms in total. The zero-order valence-electron chi connectivity index (χ0n) is 10.5. The Hall–Kier alpha value is -0.820. The van der Waals surface area contributed by atoms with Gasteiger partial charge in [-0.3, -0.25) is 0 Å². The quantitative estimate of drug-likeness (QED) is 0.764. The number of benzene rings is 1. The van der Waals surface area contributed by atoms with Crippen molar-refractivity contribution in [3.8, 4) is 0 Å². The van der Waals surface area contributed by atoms with Crippen LogP contribution in [0.2, 0.25) is 0 Å². The van der Waals surface area contributed by atoms with Gasteiger partial charge in [0.1, 0.15) is 0 Å². The third kappa shape index (κ3) is 2.85. The van der Waals surface area contributed by atoms with Crippen LogP contribution in [0.3, 0.4) is 0 Å². The van der Waals surface area contributed by atoms with E-state index in [2.05, 4.69) is 43.4 Å². The Balaban J connectivity index is 2.12. The van der Waals surface area contributed by atoms with E-state index < -0.39 is 0 Å². The fourth-order valence-corrected chi connectivity index (χ4v) is 2.61. The summed E-state index contributed by atoms with van der Waals surface area (Å²) in [5.41, 5.74) is 3.17. The van der Waals surface area contributed by atoms with Gasteiger partial charge in [0.15, 0.2) is 0 Å². The Morgan fingerprint density at radius 3 is 2.88 bits per heavy atom. The monoisotopic (exact) mass is 217 g/mol. The Morgan fingerprint density at radius 2 is 2.06 bits per heavy atom. The summed E-state index contributed by atoms with van der Waals surface area (Å²) in [5, 5.41) is 3.58. The molecule has 1 heteroatoms. The Kier molecular flexibility index (Phi) is 4.00. The van der Waals surface area contributed by atoms with E-state index in [1.165, 1.54) is 25.7 Å². The lowest BCUT2D eigenvalue weighted by Crippen LogP contribution is -2.28. The molecule has 0 radical (unpaired) electrons. The minimum absolute atomic E-state index is 0.593. The molecule has 1 atom stereocenters. The average molecular weight is 217 g/mol. The molecule has 0 heterocycles. The van der Waals surface area contributed by atoms with Gasteiger partial charge < -0.3 is 5.32 Å².